The van der Waals surface area contributed by atoms with Gasteiger partial charge in [-0.05, 0) is 5.41 Å². The van der Waals surface area contributed by atoms with Crippen molar-refractivity contribution in [1.29, 1.82) is 0 Å². The Hall–Kier alpha value is -1.06. The van der Waals surface area contributed by atoms with Gasteiger partial charge in [-0.25, -0.2) is 4.79 Å². The second-order valence-electron chi connectivity index (χ2n) is 4.02. The molecule has 0 aromatic carbocycles. The smallest absolute Gasteiger partial charge is 0.407 e. The fourth-order valence-electron chi connectivity index (χ4n) is 0.566. The van der Waals surface area contributed by atoms with Gasteiger partial charge in [-0.1, -0.05) is 20.8 Å². The Morgan fingerprint density at radius 2 is 2.08 bits per heavy atom. The third-order valence-electron chi connectivity index (χ3n) is 1.17. The normalized spacial score (nSPS) is 10.7. The molecule has 0 atom stereocenters. The maximum Gasteiger partial charge on any atom is 0.407 e. The van der Waals surface area contributed by atoms with E-state index in [-0.39, 0.29) is 5.41 Å². The molecule has 0 heterocycles. The Bertz CT molecular complexity index is 172. The Balaban J connectivity index is 3.46. The van der Waals surface area contributed by atoms with Gasteiger partial charge in [0.15, 0.2) is 0 Å². The number of carbonyl (C=O) groups is 2. The van der Waals surface area contributed by atoms with Crippen LogP contribution in [-0.4, -0.2) is 25.5 Å². The van der Waals surface area contributed by atoms with E-state index in [1.165, 1.54) is 0 Å². The van der Waals surface area contributed by atoms with E-state index < -0.39 is 6.09 Å². The number of nitrogens with one attached hydrogen (secondary N) is 1. The first-order chi connectivity index (χ1) is 5.95. The van der Waals surface area contributed by atoms with Crippen LogP contribution in [0.5, 0.6) is 0 Å². The Morgan fingerprint density at radius 1 is 1.46 bits per heavy atom. The average molecular weight is 187 g/mol. The van der Waals surface area contributed by atoms with Crippen LogP contribution >= 0.6 is 0 Å². The second kappa shape index (κ2) is 5.56. The van der Waals surface area contributed by atoms with Crippen molar-refractivity contribution in [1.82, 2.24) is 5.32 Å². The molecule has 0 saturated carbocycles. The molecule has 1 N–H and O–H groups in total. The number of alkyl carbamates (subject to hydrolysis) is 1. The molecule has 0 aromatic heterocycles. The molecule has 0 spiro atoms. The minimum Gasteiger partial charge on any atom is -0.449 e. The topological polar surface area (TPSA) is 55.4 Å². The van der Waals surface area contributed by atoms with Crippen molar-refractivity contribution >= 4 is 12.4 Å². The highest BCUT2D eigenvalue weighted by atomic mass is 16.5. The highest BCUT2D eigenvalue weighted by Crippen LogP contribution is 2.12. The number of aldehydes is 1. The first-order valence-electron chi connectivity index (χ1n) is 4.30. The third kappa shape index (κ3) is 8.85. The van der Waals surface area contributed by atoms with Crippen molar-refractivity contribution in [2.75, 3.05) is 13.2 Å². The standard InChI is InChI=1S/C9H17NO3/c1-9(2,3)7-13-8(12)10-5-4-6-11/h6H,4-5,7H2,1-3H3,(H,10,12). The number of rotatable bonds is 4. The number of ether oxygens (including phenoxy) is 1. The lowest BCUT2D eigenvalue weighted by atomic mass is 9.99. The van der Waals surface area contributed by atoms with Gasteiger partial charge in [-0.3, -0.25) is 0 Å². The molecule has 0 aliphatic carbocycles. The van der Waals surface area contributed by atoms with Crippen molar-refractivity contribution in [2.24, 2.45) is 5.41 Å². The summed E-state index contributed by atoms with van der Waals surface area (Å²) in [5, 5.41) is 2.46. The molecule has 76 valence electrons. The van der Waals surface area contributed by atoms with Gasteiger partial charge in [-0.15, -0.1) is 0 Å². The van der Waals surface area contributed by atoms with Crippen molar-refractivity contribution < 1.29 is 14.3 Å². The van der Waals surface area contributed by atoms with Gasteiger partial charge in [0, 0.05) is 13.0 Å². The minimum atomic E-state index is -0.461. The molecule has 1 amide bonds. The number of carbonyl (C=O) groups excluding carboxylic acids is 2. The Kier molecular flexibility index (Phi) is 5.11. The van der Waals surface area contributed by atoms with E-state index in [1.54, 1.807) is 0 Å². The van der Waals surface area contributed by atoms with Crippen LogP contribution in [0.1, 0.15) is 27.2 Å². The van der Waals surface area contributed by atoms with Crippen molar-refractivity contribution in [3.63, 3.8) is 0 Å². The second-order valence-corrected chi connectivity index (χ2v) is 4.02. The summed E-state index contributed by atoms with van der Waals surface area (Å²) in [5.74, 6) is 0. The molecule has 0 aliphatic heterocycles. The number of amides is 1. The zero-order valence-corrected chi connectivity index (χ0v) is 8.42. The van der Waals surface area contributed by atoms with E-state index in [0.717, 1.165) is 6.29 Å². The zero-order chi connectivity index (χ0) is 10.3. The van der Waals surface area contributed by atoms with Gasteiger partial charge in [-0.2, -0.15) is 0 Å². The molecule has 4 nitrogen and oxygen atoms in total. The summed E-state index contributed by atoms with van der Waals surface area (Å²) in [6, 6.07) is 0. The molecule has 0 bridgehead atoms. The summed E-state index contributed by atoms with van der Waals surface area (Å²) in [6.45, 7) is 6.65. The molecule has 0 radical (unpaired) electrons. The predicted octanol–water partition coefficient (Wildman–Crippen LogP) is 1.35. The fourth-order valence-corrected chi connectivity index (χ4v) is 0.566. The van der Waals surface area contributed by atoms with Crippen LogP contribution in [0.3, 0.4) is 0 Å². The highest BCUT2D eigenvalue weighted by molar-refractivity contribution is 5.67. The van der Waals surface area contributed by atoms with Crippen molar-refractivity contribution in [3.8, 4) is 0 Å². The fraction of sp³-hybridized carbons (Fsp3) is 0.778. The van der Waals surface area contributed by atoms with Gasteiger partial charge < -0.3 is 14.8 Å². The first-order valence-corrected chi connectivity index (χ1v) is 4.30. The van der Waals surface area contributed by atoms with Crippen LogP contribution in [0.25, 0.3) is 0 Å². The zero-order valence-electron chi connectivity index (χ0n) is 8.42. The lowest BCUT2D eigenvalue weighted by Gasteiger charge is -2.17. The van der Waals surface area contributed by atoms with E-state index in [0.29, 0.717) is 19.6 Å². The van der Waals surface area contributed by atoms with Crippen molar-refractivity contribution in [2.45, 2.75) is 27.2 Å². The molecule has 4 heteroatoms. The highest BCUT2D eigenvalue weighted by Gasteiger charge is 2.12. The summed E-state index contributed by atoms with van der Waals surface area (Å²) in [5.41, 5.74) is -0.0258. The van der Waals surface area contributed by atoms with Crippen LogP contribution in [0, 0.1) is 5.41 Å². The summed E-state index contributed by atoms with van der Waals surface area (Å²) in [6.07, 6.45) is 0.617. The minimum absolute atomic E-state index is 0.0258. The molecule has 0 aliphatic rings. The molecule has 0 rings (SSSR count). The van der Waals surface area contributed by atoms with Gasteiger partial charge in [0.2, 0.25) is 0 Å². The van der Waals surface area contributed by atoms with E-state index in [9.17, 15) is 9.59 Å². The number of hydrogen-bond acceptors (Lipinski definition) is 3. The van der Waals surface area contributed by atoms with Crippen LogP contribution in [0.15, 0.2) is 0 Å². The summed E-state index contributed by atoms with van der Waals surface area (Å²) < 4.78 is 4.89. The lowest BCUT2D eigenvalue weighted by Crippen LogP contribution is -2.28. The molecular weight excluding hydrogens is 170 g/mol. The van der Waals surface area contributed by atoms with E-state index in [4.69, 9.17) is 4.74 Å². The Morgan fingerprint density at radius 3 is 2.54 bits per heavy atom. The quantitative estimate of drug-likeness (QED) is 0.534. The third-order valence-corrected chi connectivity index (χ3v) is 1.17. The predicted molar refractivity (Wildman–Crippen MR) is 49.5 cm³/mol. The van der Waals surface area contributed by atoms with Gasteiger partial charge in [0.05, 0.1) is 6.61 Å². The van der Waals surface area contributed by atoms with E-state index in [1.807, 2.05) is 20.8 Å². The monoisotopic (exact) mass is 187 g/mol. The van der Waals surface area contributed by atoms with Gasteiger partial charge >= 0.3 is 6.09 Å². The molecule has 13 heavy (non-hydrogen) atoms. The van der Waals surface area contributed by atoms with Crippen molar-refractivity contribution in [3.05, 3.63) is 0 Å². The van der Waals surface area contributed by atoms with Gasteiger partial charge in [0.1, 0.15) is 6.29 Å². The molecule has 0 saturated heterocycles. The summed E-state index contributed by atoms with van der Waals surface area (Å²) in [4.78, 5) is 20.8. The van der Waals surface area contributed by atoms with Gasteiger partial charge in [0.25, 0.3) is 0 Å². The van der Waals surface area contributed by atoms with Crippen LogP contribution in [0.2, 0.25) is 0 Å². The molecule has 0 aromatic rings. The Labute approximate surface area is 78.6 Å². The maximum atomic E-state index is 10.9. The molecular formula is C9H17NO3. The molecule has 0 fully saturated rings. The lowest BCUT2D eigenvalue weighted by molar-refractivity contribution is -0.107. The summed E-state index contributed by atoms with van der Waals surface area (Å²) >= 11 is 0. The SMILES string of the molecule is CC(C)(C)COC(=O)NCCC=O. The maximum absolute atomic E-state index is 10.9. The van der Waals surface area contributed by atoms with Crippen LogP contribution < -0.4 is 5.32 Å². The van der Waals surface area contributed by atoms with E-state index >= 15 is 0 Å². The number of hydrogen-bond donors (Lipinski definition) is 1. The largest absolute Gasteiger partial charge is 0.449 e. The summed E-state index contributed by atoms with van der Waals surface area (Å²) in [7, 11) is 0. The molecule has 0 unspecified atom stereocenters. The van der Waals surface area contributed by atoms with E-state index in [2.05, 4.69) is 5.32 Å². The first kappa shape index (κ1) is 11.9. The average Bonchev–Trinajstić information content (AvgIpc) is 2.00. The van der Waals surface area contributed by atoms with Crippen LogP contribution in [0.4, 0.5) is 4.79 Å². The van der Waals surface area contributed by atoms with Crippen LogP contribution in [-0.2, 0) is 9.53 Å².